The number of aliphatic hydroxyl groups is 1. The predicted octanol–water partition coefficient (Wildman–Crippen LogP) is 2.42. The van der Waals surface area contributed by atoms with Crippen LogP contribution in [0.4, 0.5) is 0 Å². The summed E-state index contributed by atoms with van der Waals surface area (Å²) in [5.41, 5.74) is 1.11. The molecule has 5 heteroatoms. The van der Waals surface area contributed by atoms with Crippen LogP contribution in [-0.4, -0.2) is 26.2 Å². The summed E-state index contributed by atoms with van der Waals surface area (Å²) in [4.78, 5) is 0.280. The number of aliphatic hydroxyl groups excluding tert-OH is 1. The first-order valence-electron chi connectivity index (χ1n) is 6.91. The second-order valence-corrected chi connectivity index (χ2v) is 7.93. The van der Waals surface area contributed by atoms with Crippen molar-refractivity contribution in [2.45, 2.75) is 57.0 Å². The lowest BCUT2D eigenvalue weighted by Gasteiger charge is -2.19. The molecule has 1 rings (SSSR count). The lowest BCUT2D eigenvalue weighted by molar-refractivity contribution is 0.182. The molecule has 4 nitrogen and oxygen atoms in total. The number of benzene rings is 1. The van der Waals surface area contributed by atoms with Gasteiger partial charge in [-0.1, -0.05) is 32.9 Å². The average Bonchev–Trinajstić information content (AvgIpc) is 2.34. The molecule has 0 radical (unpaired) electrons. The van der Waals surface area contributed by atoms with Crippen LogP contribution in [-0.2, 0) is 15.4 Å². The SMILES string of the molecule is CC(O)CCCNS(=O)(=O)c1ccc(C(C)(C)C)cc1. The Bertz CT molecular complexity index is 513. The minimum Gasteiger partial charge on any atom is -0.393 e. The molecule has 1 aromatic rings. The Morgan fingerprint density at radius 1 is 1.20 bits per heavy atom. The van der Waals surface area contributed by atoms with E-state index in [-0.39, 0.29) is 10.3 Å². The smallest absolute Gasteiger partial charge is 0.240 e. The summed E-state index contributed by atoms with van der Waals surface area (Å²) >= 11 is 0. The van der Waals surface area contributed by atoms with Crippen molar-refractivity contribution in [2.24, 2.45) is 0 Å². The Morgan fingerprint density at radius 3 is 2.20 bits per heavy atom. The molecule has 0 aliphatic carbocycles. The number of nitrogens with one attached hydrogen (secondary N) is 1. The average molecular weight is 299 g/mol. The third-order valence-electron chi connectivity index (χ3n) is 3.12. The highest BCUT2D eigenvalue weighted by atomic mass is 32.2. The van der Waals surface area contributed by atoms with Gasteiger partial charge in [0.15, 0.2) is 0 Å². The van der Waals surface area contributed by atoms with Crippen molar-refractivity contribution in [1.82, 2.24) is 4.72 Å². The molecule has 20 heavy (non-hydrogen) atoms. The summed E-state index contributed by atoms with van der Waals surface area (Å²) in [6.07, 6.45) is 0.813. The second kappa shape index (κ2) is 6.70. The molecule has 0 bridgehead atoms. The molecule has 2 N–H and O–H groups in total. The molecule has 0 amide bonds. The number of hydrogen-bond acceptors (Lipinski definition) is 3. The molecule has 1 atom stereocenters. The van der Waals surface area contributed by atoms with E-state index >= 15 is 0 Å². The summed E-state index contributed by atoms with van der Waals surface area (Å²) in [6, 6.07) is 6.98. The highest BCUT2D eigenvalue weighted by Crippen LogP contribution is 2.23. The molecule has 0 aliphatic heterocycles. The Labute approximate surface area is 122 Å². The molecule has 0 spiro atoms. The number of rotatable bonds is 6. The second-order valence-electron chi connectivity index (χ2n) is 6.16. The zero-order valence-corrected chi connectivity index (χ0v) is 13.5. The van der Waals surface area contributed by atoms with Crippen LogP contribution in [0.25, 0.3) is 0 Å². The van der Waals surface area contributed by atoms with Gasteiger partial charge in [0.1, 0.15) is 0 Å². The molecule has 0 aliphatic rings. The summed E-state index contributed by atoms with van der Waals surface area (Å²) in [6.45, 7) is 8.30. The third kappa shape index (κ3) is 5.23. The minimum atomic E-state index is -3.45. The quantitative estimate of drug-likeness (QED) is 0.793. The Kier molecular flexibility index (Phi) is 5.74. The van der Waals surface area contributed by atoms with Crippen LogP contribution < -0.4 is 4.72 Å². The van der Waals surface area contributed by atoms with Crippen molar-refractivity contribution in [2.75, 3.05) is 6.54 Å². The number of hydrogen-bond donors (Lipinski definition) is 2. The van der Waals surface area contributed by atoms with Gasteiger partial charge in [0.2, 0.25) is 10.0 Å². The normalized spacial score (nSPS) is 14.2. The lowest BCUT2D eigenvalue weighted by Crippen LogP contribution is -2.25. The van der Waals surface area contributed by atoms with Gasteiger partial charge in [0, 0.05) is 6.54 Å². The van der Waals surface area contributed by atoms with E-state index in [9.17, 15) is 8.42 Å². The van der Waals surface area contributed by atoms with E-state index < -0.39 is 16.1 Å². The van der Waals surface area contributed by atoms with Gasteiger partial charge >= 0.3 is 0 Å². The molecular weight excluding hydrogens is 274 g/mol. The molecule has 0 saturated heterocycles. The van der Waals surface area contributed by atoms with E-state index in [2.05, 4.69) is 25.5 Å². The van der Waals surface area contributed by atoms with Gasteiger partial charge in [-0.3, -0.25) is 0 Å². The first-order valence-corrected chi connectivity index (χ1v) is 8.39. The fourth-order valence-corrected chi connectivity index (χ4v) is 2.90. The summed E-state index contributed by atoms with van der Waals surface area (Å²) in [5.74, 6) is 0. The van der Waals surface area contributed by atoms with Crippen molar-refractivity contribution < 1.29 is 13.5 Å². The first-order chi connectivity index (χ1) is 9.13. The fourth-order valence-electron chi connectivity index (χ4n) is 1.82. The van der Waals surface area contributed by atoms with Crippen molar-refractivity contribution >= 4 is 10.0 Å². The molecule has 1 unspecified atom stereocenters. The van der Waals surface area contributed by atoms with Crippen molar-refractivity contribution in [3.63, 3.8) is 0 Å². The monoisotopic (exact) mass is 299 g/mol. The van der Waals surface area contributed by atoms with Crippen molar-refractivity contribution in [1.29, 1.82) is 0 Å². The molecular formula is C15H25NO3S. The summed E-state index contributed by atoms with van der Waals surface area (Å²) in [5, 5.41) is 9.13. The summed E-state index contributed by atoms with van der Waals surface area (Å²) < 4.78 is 26.7. The largest absolute Gasteiger partial charge is 0.393 e. The van der Waals surface area contributed by atoms with Crippen molar-refractivity contribution in [3.8, 4) is 0 Å². The highest BCUT2D eigenvalue weighted by Gasteiger charge is 2.17. The molecule has 0 aromatic heterocycles. The van der Waals surface area contributed by atoms with Crippen LogP contribution in [0.15, 0.2) is 29.2 Å². The molecule has 0 saturated carbocycles. The zero-order valence-electron chi connectivity index (χ0n) is 12.7. The van der Waals surface area contributed by atoms with Gasteiger partial charge in [0.25, 0.3) is 0 Å². The van der Waals surface area contributed by atoms with E-state index in [0.717, 1.165) is 5.56 Å². The third-order valence-corrected chi connectivity index (χ3v) is 4.60. The Morgan fingerprint density at radius 2 is 1.75 bits per heavy atom. The van der Waals surface area contributed by atoms with Crippen LogP contribution >= 0.6 is 0 Å². The van der Waals surface area contributed by atoms with E-state index in [1.54, 1.807) is 19.1 Å². The first kappa shape index (κ1) is 17.1. The zero-order chi connectivity index (χ0) is 15.4. The molecule has 114 valence electrons. The van der Waals surface area contributed by atoms with E-state index in [4.69, 9.17) is 5.11 Å². The van der Waals surface area contributed by atoms with Crippen LogP contribution in [0.2, 0.25) is 0 Å². The van der Waals surface area contributed by atoms with Crippen molar-refractivity contribution in [3.05, 3.63) is 29.8 Å². The summed E-state index contributed by atoms with van der Waals surface area (Å²) in [7, 11) is -3.45. The van der Waals surface area contributed by atoms with Gasteiger partial charge < -0.3 is 5.11 Å². The predicted molar refractivity (Wildman–Crippen MR) is 81.2 cm³/mol. The van der Waals surface area contributed by atoms with Gasteiger partial charge in [0.05, 0.1) is 11.0 Å². The maximum Gasteiger partial charge on any atom is 0.240 e. The lowest BCUT2D eigenvalue weighted by atomic mass is 9.87. The van der Waals surface area contributed by atoms with Crippen LogP contribution in [0.1, 0.15) is 46.1 Å². The topological polar surface area (TPSA) is 66.4 Å². The maximum absolute atomic E-state index is 12.1. The Hall–Kier alpha value is -0.910. The highest BCUT2D eigenvalue weighted by molar-refractivity contribution is 7.89. The van der Waals surface area contributed by atoms with E-state index in [1.807, 2.05) is 12.1 Å². The maximum atomic E-state index is 12.1. The van der Waals surface area contributed by atoms with Crippen LogP contribution in [0.5, 0.6) is 0 Å². The fraction of sp³-hybridized carbons (Fsp3) is 0.600. The van der Waals surface area contributed by atoms with E-state index in [0.29, 0.717) is 19.4 Å². The van der Waals surface area contributed by atoms with Gasteiger partial charge in [-0.15, -0.1) is 0 Å². The Balaban J connectivity index is 2.69. The van der Waals surface area contributed by atoms with Crippen LogP contribution in [0, 0.1) is 0 Å². The molecule has 0 heterocycles. The minimum absolute atomic E-state index is 0.00693. The van der Waals surface area contributed by atoms with Gasteiger partial charge in [-0.2, -0.15) is 0 Å². The number of sulfonamides is 1. The molecule has 0 fully saturated rings. The molecule has 1 aromatic carbocycles. The van der Waals surface area contributed by atoms with Gasteiger partial charge in [-0.05, 0) is 42.9 Å². The van der Waals surface area contributed by atoms with Gasteiger partial charge in [-0.25, -0.2) is 13.1 Å². The van der Waals surface area contributed by atoms with E-state index in [1.165, 1.54) is 0 Å². The standard InChI is InChI=1S/C15H25NO3S/c1-12(17)6-5-11-16-20(18,19)14-9-7-13(8-10-14)15(2,3)4/h7-10,12,16-17H,5-6,11H2,1-4H3. The van der Waals surface area contributed by atoms with Crippen LogP contribution in [0.3, 0.4) is 0 Å².